The number of alkyl halides is 3. The number of hydrogen-bond donors (Lipinski definition) is 2. The van der Waals surface area contributed by atoms with E-state index in [9.17, 15) is 23.4 Å². The molecular formula is C25H22F5NO3. The number of benzene rings is 3. The van der Waals surface area contributed by atoms with Crippen molar-refractivity contribution < 1.29 is 36.9 Å². The van der Waals surface area contributed by atoms with Crippen LogP contribution in [0.2, 0.25) is 0 Å². The molecule has 0 spiro atoms. The van der Waals surface area contributed by atoms with E-state index in [1.165, 1.54) is 13.0 Å². The molecule has 4 rings (SSSR count). The van der Waals surface area contributed by atoms with Gasteiger partial charge < -0.3 is 14.9 Å². The molecule has 0 saturated carbocycles. The van der Waals surface area contributed by atoms with Crippen molar-refractivity contribution in [2.24, 2.45) is 0 Å². The molecule has 9 heteroatoms. The number of aromatic hydroxyl groups is 2. The van der Waals surface area contributed by atoms with Gasteiger partial charge in [0.1, 0.15) is 24.0 Å². The van der Waals surface area contributed by atoms with E-state index in [1.807, 2.05) is 6.07 Å². The summed E-state index contributed by atoms with van der Waals surface area (Å²) in [6.07, 6.45) is -4.54. The first-order valence-electron chi connectivity index (χ1n) is 10.6. The van der Waals surface area contributed by atoms with Crippen molar-refractivity contribution in [1.82, 2.24) is 4.90 Å². The molecule has 0 saturated heterocycles. The van der Waals surface area contributed by atoms with Gasteiger partial charge in [-0.2, -0.15) is 13.2 Å². The fraction of sp³-hybridized carbons (Fsp3) is 0.280. The Labute approximate surface area is 192 Å². The summed E-state index contributed by atoms with van der Waals surface area (Å²) in [6.45, 7) is 0.152. The first-order chi connectivity index (χ1) is 16.0. The van der Waals surface area contributed by atoms with E-state index in [2.05, 4.69) is 0 Å². The molecule has 0 aliphatic carbocycles. The number of fused-ring (bicyclic) bond motifs is 1. The highest BCUT2D eigenvalue weighted by molar-refractivity contribution is 5.51. The van der Waals surface area contributed by atoms with Gasteiger partial charge in [-0.25, -0.2) is 8.78 Å². The zero-order valence-electron chi connectivity index (χ0n) is 18.1. The second-order valence-electron chi connectivity index (χ2n) is 8.36. The van der Waals surface area contributed by atoms with Crippen LogP contribution in [-0.2, 0) is 13.0 Å². The molecule has 0 bridgehead atoms. The first kappa shape index (κ1) is 23.8. The third-order valence-electron chi connectivity index (χ3n) is 5.88. The van der Waals surface area contributed by atoms with E-state index in [0.717, 1.165) is 28.7 Å². The van der Waals surface area contributed by atoms with Gasteiger partial charge in [0.25, 0.3) is 0 Å². The second-order valence-corrected chi connectivity index (χ2v) is 8.36. The summed E-state index contributed by atoms with van der Waals surface area (Å²) in [5, 5.41) is 19.8. The first-order valence-corrected chi connectivity index (χ1v) is 10.6. The van der Waals surface area contributed by atoms with E-state index in [1.54, 1.807) is 24.3 Å². The number of phenols is 2. The van der Waals surface area contributed by atoms with E-state index < -0.39 is 53.5 Å². The van der Waals surface area contributed by atoms with Gasteiger partial charge in [-0.1, -0.05) is 30.3 Å². The summed E-state index contributed by atoms with van der Waals surface area (Å²) in [6, 6.07) is 10.8. The van der Waals surface area contributed by atoms with Crippen LogP contribution >= 0.6 is 0 Å². The third-order valence-corrected chi connectivity index (χ3v) is 5.88. The maximum Gasteiger partial charge on any atom is 0.401 e. The van der Waals surface area contributed by atoms with Crippen molar-refractivity contribution in [3.63, 3.8) is 0 Å². The van der Waals surface area contributed by atoms with Gasteiger partial charge in [0, 0.05) is 23.7 Å². The van der Waals surface area contributed by atoms with Gasteiger partial charge in [-0.3, -0.25) is 4.90 Å². The van der Waals surface area contributed by atoms with E-state index >= 15 is 8.78 Å². The Kier molecular flexibility index (Phi) is 6.40. The summed E-state index contributed by atoms with van der Waals surface area (Å²) in [7, 11) is 0. The topological polar surface area (TPSA) is 52.9 Å². The summed E-state index contributed by atoms with van der Waals surface area (Å²) >= 11 is 0. The van der Waals surface area contributed by atoms with Crippen LogP contribution < -0.4 is 4.74 Å². The lowest BCUT2D eigenvalue weighted by atomic mass is 9.84. The Morgan fingerprint density at radius 2 is 1.59 bits per heavy atom. The van der Waals surface area contributed by atoms with Crippen molar-refractivity contribution in [3.05, 3.63) is 88.5 Å². The molecule has 1 aliphatic heterocycles. The molecule has 0 fully saturated rings. The van der Waals surface area contributed by atoms with Crippen molar-refractivity contribution in [2.45, 2.75) is 38.2 Å². The molecule has 0 aromatic heterocycles. The normalized spacial score (nSPS) is 18.5. The summed E-state index contributed by atoms with van der Waals surface area (Å²) in [5.74, 6) is -3.31. The molecule has 1 heterocycles. The molecule has 2 atom stereocenters. The maximum absolute atomic E-state index is 15.3. The zero-order chi connectivity index (χ0) is 24.6. The highest BCUT2D eigenvalue weighted by Crippen LogP contribution is 2.45. The summed E-state index contributed by atoms with van der Waals surface area (Å²) < 4.78 is 76.3. The minimum atomic E-state index is -4.63. The Hall–Kier alpha value is -3.33. The highest BCUT2D eigenvalue weighted by Gasteiger charge is 2.43. The van der Waals surface area contributed by atoms with Gasteiger partial charge in [-0.15, -0.1) is 0 Å². The van der Waals surface area contributed by atoms with Gasteiger partial charge >= 0.3 is 6.18 Å². The molecule has 0 unspecified atom stereocenters. The van der Waals surface area contributed by atoms with Crippen molar-refractivity contribution in [3.8, 4) is 17.2 Å². The number of hydrogen-bond acceptors (Lipinski definition) is 4. The van der Waals surface area contributed by atoms with Gasteiger partial charge in [0.2, 0.25) is 0 Å². The van der Waals surface area contributed by atoms with Gasteiger partial charge in [0.05, 0.1) is 12.6 Å². The summed E-state index contributed by atoms with van der Waals surface area (Å²) in [4.78, 5) is 0.949. The van der Waals surface area contributed by atoms with Crippen LogP contribution in [0, 0.1) is 11.6 Å². The molecule has 1 aliphatic rings. The number of phenolic OH excluding ortho intramolecular Hbond substituents is 2. The van der Waals surface area contributed by atoms with Crippen molar-refractivity contribution in [2.75, 3.05) is 6.54 Å². The van der Waals surface area contributed by atoms with Crippen LogP contribution in [0.25, 0.3) is 0 Å². The van der Waals surface area contributed by atoms with Gasteiger partial charge in [-0.05, 0) is 42.2 Å². The number of nitrogens with zero attached hydrogens (tertiary/aromatic N) is 1. The minimum Gasteiger partial charge on any atom is -0.504 e. The SMILES string of the molecule is C[C@@H]1Cc2cc(O)c(O)cc2[C@@H](c2c(F)cc(OCc3ccccc3)cc2F)N1CC(F)(F)F. The molecule has 3 aromatic rings. The molecule has 180 valence electrons. The Bertz CT molecular complexity index is 1160. The fourth-order valence-corrected chi connectivity index (χ4v) is 4.36. The Morgan fingerprint density at radius 3 is 2.21 bits per heavy atom. The fourth-order valence-electron chi connectivity index (χ4n) is 4.36. The molecule has 4 nitrogen and oxygen atoms in total. The average molecular weight is 479 g/mol. The largest absolute Gasteiger partial charge is 0.504 e. The van der Waals surface area contributed by atoms with Crippen LogP contribution in [0.5, 0.6) is 17.2 Å². The molecule has 0 amide bonds. The third kappa shape index (κ3) is 4.94. The lowest BCUT2D eigenvalue weighted by Gasteiger charge is -2.42. The highest BCUT2D eigenvalue weighted by atomic mass is 19.4. The minimum absolute atomic E-state index is 0.0513. The van der Waals surface area contributed by atoms with Crippen LogP contribution in [0.4, 0.5) is 22.0 Å². The second kappa shape index (κ2) is 9.13. The quantitative estimate of drug-likeness (QED) is 0.356. The molecule has 2 N–H and O–H groups in total. The van der Waals surface area contributed by atoms with Crippen LogP contribution in [0.1, 0.15) is 35.2 Å². The number of rotatable bonds is 5. The monoisotopic (exact) mass is 479 g/mol. The van der Waals surface area contributed by atoms with Crippen LogP contribution in [0.15, 0.2) is 54.6 Å². The number of halogens is 5. The van der Waals surface area contributed by atoms with Gasteiger partial charge in [0.15, 0.2) is 11.5 Å². The Morgan fingerprint density at radius 1 is 0.971 bits per heavy atom. The smallest absolute Gasteiger partial charge is 0.401 e. The van der Waals surface area contributed by atoms with Crippen molar-refractivity contribution >= 4 is 0 Å². The van der Waals surface area contributed by atoms with Crippen LogP contribution in [0.3, 0.4) is 0 Å². The van der Waals surface area contributed by atoms with E-state index in [0.29, 0.717) is 5.56 Å². The van der Waals surface area contributed by atoms with Crippen molar-refractivity contribution in [1.29, 1.82) is 0 Å². The van der Waals surface area contributed by atoms with E-state index in [4.69, 9.17) is 4.74 Å². The predicted octanol–water partition coefficient (Wildman–Crippen LogP) is 5.85. The maximum atomic E-state index is 15.3. The lowest BCUT2D eigenvalue weighted by Crippen LogP contribution is -2.47. The number of ether oxygens (including phenoxy) is 1. The summed E-state index contributed by atoms with van der Waals surface area (Å²) in [5.41, 5.74) is 0.672. The molecule has 0 radical (unpaired) electrons. The van der Waals surface area contributed by atoms with E-state index in [-0.39, 0.29) is 24.3 Å². The molecular weight excluding hydrogens is 457 g/mol. The Balaban J connectivity index is 1.77. The molecule has 3 aromatic carbocycles. The molecule has 34 heavy (non-hydrogen) atoms. The lowest BCUT2D eigenvalue weighted by molar-refractivity contribution is -0.155. The standard InChI is InChI=1S/C25H22F5NO3/c1-14-7-16-8-21(32)22(33)11-18(16)24(31(14)13-25(28,29)30)23-19(26)9-17(10-20(23)27)34-12-15-5-3-2-4-6-15/h2-6,8-11,14,24,32-33H,7,12-13H2,1H3/t14-,24+/m1/s1. The average Bonchev–Trinajstić information content (AvgIpc) is 2.75. The van der Waals surface area contributed by atoms with Crippen LogP contribution in [-0.4, -0.2) is 33.9 Å². The zero-order valence-corrected chi connectivity index (χ0v) is 18.1. The predicted molar refractivity (Wildman–Crippen MR) is 115 cm³/mol.